The Balaban J connectivity index is 1.16. The van der Waals surface area contributed by atoms with Crippen LogP contribution in [0.5, 0.6) is 0 Å². The van der Waals surface area contributed by atoms with Crippen LogP contribution >= 0.6 is 11.3 Å². The third kappa shape index (κ3) is 5.04. The highest BCUT2D eigenvalue weighted by atomic mass is 32.1. The van der Waals surface area contributed by atoms with Crippen molar-refractivity contribution < 1.29 is 0 Å². The number of benzene rings is 9. The fourth-order valence-electron chi connectivity index (χ4n) is 10.2. The van der Waals surface area contributed by atoms with E-state index in [0.717, 1.165) is 71.8 Å². The van der Waals surface area contributed by atoms with E-state index in [1.807, 2.05) is 18.2 Å². The molecule has 14 rings (SSSR count). The topological polar surface area (TPSA) is 53.5 Å². The number of hydrogen-bond donors (Lipinski definition) is 0. The zero-order valence-corrected chi connectivity index (χ0v) is 35.0. The van der Waals surface area contributed by atoms with Crippen LogP contribution in [0.3, 0.4) is 0 Å². The van der Waals surface area contributed by atoms with Gasteiger partial charge in [0.15, 0.2) is 11.6 Å². The molecule has 0 amide bonds. The summed E-state index contributed by atoms with van der Waals surface area (Å²) in [6.45, 7) is 0. The standard InChI is InChI=1S/C57H34N6S/c1-3-17-35(18-4-1)55-58-56(36-31-32-42-41-24-11-16-30-50(41)64-51(42)33-36)60-57(59-55)63-48-29-15-10-25-43(48)52-49(63)34-44-40-23-9-12-26-45(40)61(37-19-5-2-6-20-37)53(44)54(52)62-46-27-13-7-21-38(46)39-22-8-14-28-47(39)62/h1-34H. The van der Waals surface area contributed by atoms with E-state index in [2.05, 4.69) is 202 Å². The van der Waals surface area contributed by atoms with Gasteiger partial charge in [0, 0.05) is 69.3 Å². The molecule has 0 fully saturated rings. The van der Waals surface area contributed by atoms with Gasteiger partial charge in [-0.2, -0.15) is 9.97 Å². The molecule has 7 heteroatoms. The van der Waals surface area contributed by atoms with Gasteiger partial charge in [0.2, 0.25) is 5.95 Å². The summed E-state index contributed by atoms with van der Waals surface area (Å²) in [7, 11) is 0. The van der Waals surface area contributed by atoms with Crippen LogP contribution in [0.1, 0.15) is 0 Å². The molecule has 0 N–H and O–H groups in total. The van der Waals surface area contributed by atoms with Crippen molar-refractivity contribution in [3.63, 3.8) is 0 Å². The minimum atomic E-state index is 0.561. The highest BCUT2D eigenvalue weighted by molar-refractivity contribution is 7.25. The van der Waals surface area contributed by atoms with Gasteiger partial charge in [-0.3, -0.25) is 4.57 Å². The fourth-order valence-corrected chi connectivity index (χ4v) is 11.3. The molecule has 9 aromatic carbocycles. The lowest BCUT2D eigenvalue weighted by molar-refractivity contribution is 0.954. The highest BCUT2D eigenvalue weighted by Gasteiger charge is 2.27. The van der Waals surface area contributed by atoms with Crippen molar-refractivity contribution in [2.45, 2.75) is 0 Å². The predicted molar refractivity (Wildman–Crippen MR) is 267 cm³/mol. The van der Waals surface area contributed by atoms with Crippen molar-refractivity contribution in [1.29, 1.82) is 0 Å². The second-order valence-electron chi connectivity index (χ2n) is 16.4. The Morgan fingerprint density at radius 1 is 0.328 bits per heavy atom. The largest absolute Gasteiger partial charge is 0.307 e. The molecule has 0 radical (unpaired) electrons. The van der Waals surface area contributed by atoms with Gasteiger partial charge in [0.25, 0.3) is 0 Å². The number of thiophene rings is 1. The van der Waals surface area contributed by atoms with Gasteiger partial charge in [0.05, 0.1) is 38.8 Å². The van der Waals surface area contributed by atoms with Crippen molar-refractivity contribution in [3.05, 3.63) is 206 Å². The van der Waals surface area contributed by atoms with Gasteiger partial charge in [-0.25, -0.2) is 4.98 Å². The molecular formula is C57H34N6S. The Labute approximate surface area is 370 Å². The molecule has 6 nitrogen and oxygen atoms in total. The summed E-state index contributed by atoms with van der Waals surface area (Å²) in [6.07, 6.45) is 0. The predicted octanol–water partition coefficient (Wildman–Crippen LogP) is 14.9. The average molecular weight is 835 g/mol. The molecule has 0 saturated carbocycles. The van der Waals surface area contributed by atoms with E-state index < -0.39 is 0 Å². The van der Waals surface area contributed by atoms with Crippen LogP contribution in [0.4, 0.5) is 0 Å². The van der Waals surface area contributed by atoms with Crippen LogP contribution in [-0.2, 0) is 0 Å². The van der Waals surface area contributed by atoms with Gasteiger partial charge in [-0.15, -0.1) is 11.3 Å². The Hall–Kier alpha value is -8.39. The first kappa shape index (κ1) is 35.2. The first-order valence-corrected chi connectivity index (χ1v) is 22.4. The zero-order chi connectivity index (χ0) is 41.9. The first-order valence-electron chi connectivity index (χ1n) is 21.5. The minimum Gasteiger partial charge on any atom is -0.307 e. The summed E-state index contributed by atoms with van der Waals surface area (Å²) in [5.74, 6) is 1.80. The van der Waals surface area contributed by atoms with E-state index in [-0.39, 0.29) is 0 Å². The second kappa shape index (κ2) is 13.6. The third-order valence-corrected chi connectivity index (χ3v) is 14.0. The molecule has 0 saturated heterocycles. The molecule has 0 unspecified atom stereocenters. The highest BCUT2D eigenvalue weighted by Crippen LogP contribution is 2.47. The summed E-state index contributed by atoms with van der Waals surface area (Å²) < 4.78 is 9.69. The van der Waals surface area contributed by atoms with Gasteiger partial charge in [0.1, 0.15) is 0 Å². The van der Waals surface area contributed by atoms with Crippen molar-refractivity contribution in [2.75, 3.05) is 0 Å². The van der Waals surface area contributed by atoms with Gasteiger partial charge in [-0.05, 0) is 54.6 Å². The third-order valence-electron chi connectivity index (χ3n) is 12.9. The molecular weight excluding hydrogens is 801 g/mol. The summed E-state index contributed by atoms with van der Waals surface area (Å²) in [5, 5.41) is 9.45. The lowest BCUT2D eigenvalue weighted by Gasteiger charge is -2.17. The van der Waals surface area contributed by atoms with E-state index in [1.54, 1.807) is 11.3 Å². The van der Waals surface area contributed by atoms with Crippen molar-refractivity contribution in [1.82, 2.24) is 28.7 Å². The van der Waals surface area contributed by atoms with Crippen molar-refractivity contribution in [2.24, 2.45) is 0 Å². The average Bonchev–Trinajstić information content (AvgIpc) is 4.10. The normalized spacial score (nSPS) is 12.1. The van der Waals surface area contributed by atoms with Crippen LogP contribution in [0.2, 0.25) is 0 Å². The molecule has 0 atom stereocenters. The molecule has 14 aromatic rings. The van der Waals surface area contributed by atoms with Crippen LogP contribution in [0.25, 0.3) is 126 Å². The lowest BCUT2D eigenvalue weighted by atomic mass is 10.1. The van der Waals surface area contributed by atoms with E-state index in [4.69, 9.17) is 15.0 Å². The van der Waals surface area contributed by atoms with Crippen molar-refractivity contribution in [3.8, 4) is 40.1 Å². The Bertz CT molecular complexity index is 4140. The fraction of sp³-hybridized carbons (Fsp3) is 0. The van der Waals surface area contributed by atoms with E-state index in [9.17, 15) is 0 Å². The number of nitrogens with zero attached hydrogens (tertiary/aromatic N) is 6. The maximum absolute atomic E-state index is 5.45. The Morgan fingerprint density at radius 2 is 0.844 bits per heavy atom. The quantitative estimate of drug-likeness (QED) is 0.174. The molecule has 298 valence electrons. The van der Waals surface area contributed by atoms with Gasteiger partial charge < -0.3 is 9.13 Å². The summed E-state index contributed by atoms with van der Waals surface area (Å²) in [6, 6.07) is 73.7. The molecule has 0 aliphatic rings. The molecule has 5 aromatic heterocycles. The van der Waals surface area contributed by atoms with Crippen molar-refractivity contribution >= 4 is 96.9 Å². The number of fused-ring (bicyclic) bond motifs is 12. The lowest BCUT2D eigenvalue weighted by Crippen LogP contribution is -2.07. The minimum absolute atomic E-state index is 0.561. The number of hydrogen-bond acceptors (Lipinski definition) is 4. The Morgan fingerprint density at radius 3 is 1.53 bits per heavy atom. The van der Waals surface area contributed by atoms with Gasteiger partial charge >= 0.3 is 0 Å². The van der Waals surface area contributed by atoms with Gasteiger partial charge in [-0.1, -0.05) is 152 Å². The summed E-state index contributed by atoms with van der Waals surface area (Å²) in [4.78, 5) is 16.1. The van der Waals surface area contributed by atoms with Crippen LogP contribution < -0.4 is 0 Å². The molecule has 64 heavy (non-hydrogen) atoms. The molecule has 0 spiro atoms. The van der Waals surface area contributed by atoms with E-state index in [0.29, 0.717) is 17.6 Å². The zero-order valence-electron chi connectivity index (χ0n) is 34.2. The number of para-hydroxylation sites is 5. The first-order chi connectivity index (χ1) is 31.8. The van der Waals surface area contributed by atoms with E-state index in [1.165, 1.54) is 36.3 Å². The monoisotopic (exact) mass is 834 g/mol. The van der Waals surface area contributed by atoms with Crippen LogP contribution in [0.15, 0.2) is 206 Å². The van der Waals surface area contributed by atoms with Crippen LogP contribution in [-0.4, -0.2) is 28.7 Å². The molecule has 0 aliphatic carbocycles. The van der Waals surface area contributed by atoms with Crippen LogP contribution in [0, 0.1) is 0 Å². The molecule has 0 bridgehead atoms. The molecule has 5 heterocycles. The number of rotatable bonds is 5. The Kier molecular flexibility index (Phi) is 7.46. The summed E-state index contributed by atoms with van der Waals surface area (Å²) >= 11 is 1.80. The smallest absolute Gasteiger partial charge is 0.238 e. The van der Waals surface area contributed by atoms with E-state index >= 15 is 0 Å². The summed E-state index contributed by atoms with van der Waals surface area (Å²) in [5.41, 5.74) is 10.7. The molecule has 0 aliphatic heterocycles. The number of aromatic nitrogens is 6. The second-order valence-corrected chi connectivity index (χ2v) is 17.5. The SMILES string of the molecule is c1ccc(-c2nc(-c3ccc4c(c3)sc3ccccc34)nc(-n3c4ccccc4c4c(-n5c6ccccc6c6ccccc65)c5c(cc43)c3ccccc3n5-c3ccccc3)n2)cc1. The maximum Gasteiger partial charge on any atom is 0.238 e. The maximum atomic E-state index is 5.45.